The van der Waals surface area contributed by atoms with E-state index in [9.17, 15) is 14.4 Å². The van der Waals surface area contributed by atoms with Gasteiger partial charge in [-0.2, -0.15) is 0 Å². The van der Waals surface area contributed by atoms with E-state index < -0.39 is 6.04 Å². The van der Waals surface area contributed by atoms with Crippen molar-refractivity contribution in [3.05, 3.63) is 29.3 Å². The maximum Gasteiger partial charge on any atom is 0.255 e. The summed E-state index contributed by atoms with van der Waals surface area (Å²) in [7, 11) is 1.55. The largest absolute Gasteiger partial charge is 0.489 e. The minimum atomic E-state index is -0.647. The molecule has 2 saturated carbocycles. The molecular weight excluding hydrogens is 430 g/mol. The van der Waals surface area contributed by atoms with E-state index in [0.717, 1.165) is 42.9 Å². The third-order valence-electron chi connectivity index (χ3n) is 7.78. The number of rotatable bonds is 10. The van der Waals surface area contributed by atoms with Gasteiger partial charge in [-0.15, -0.1) is 0 Å². The molecule has 0 saturated heterocycles. The van der Waals surface area contributed by atoms with Gasteiger partial charge in [0.05, 0.1) is 0 Å². The summed E-state index contributed by atoms with van der Waals surface area (Å²) in [5.74, 6) is 1.18. The molecule has 34 heavy (non-hydrogen) atoms. The van der Waals surface area contributed by atoms with Gasteiger partial charge in [-0.05, 0) is 74.8 Å². The number of hydrogen-bond acceptors (Lipinski definition) is 5. The minimum Gasteiger partial charge on any atom is -0.489 e. The van der Waals surface area contributed by atoms with Gasteiger partial charge in [-0.25, -0.2) is 0 Å². The van der Waals surface area contributed by atoms with Crippen LogP contribution in [0.5, 0.6) is 5.75 Å². The first-order chi connectivity index (χ1) is 16.6. The van der Waals surface area contributed by atoms with Gasteiger partial charge in [0.1, 0.15) is 24.2 Å². The predicted molar refractivity (Wildman–Crippen MR) is 131 cm³/mol. The Bertz CT molecular complexity index is 867. The van der Waals surface area contributed by atoms with E-state index in [1.165, 1.54) is 44.9 Å². The molecule has 1 aromatic rings. The summed E-state index contributed by atoms with van der Waals surface area (Å²) in [4.78, 5) is 37.9. The van der Waals surface area contributed by atoms with Gasteiger partial charge in [-0.1, -0.05) is 25.7 Å². The third kappa shape index (κ3) is 5.80. The lowest BCUT2D eigenvalue weighted by atomic mass is 9.87. The smallest absolute Gasteiger partial charge is 0.255 e. The molecule has 0 bridgehead atoms. The van der Waals surface area contributed by atoms with Crippen molar-refractivity contribution in [1.29, 1.82) is 0 Å². The minimum absolute atomic E-state index is 0.134. The highest BCUT2D eigenvalue weighted by atomic mass is 16.5. The van der Waals surface area contributed by atoms with Crippen molar-refractivity contribution in [1.82, 2.24) is 15.5 Å². The van der Waals surface area contributed by atoms with E-state index in [0.29, 0.717) is 24.6 Å². The number of amides is 2. The Morgan fingerprint density at radius 1 is 1.15 bits per heavy atom. The van der Waals surface area contributed by atoms with Crippen molar-refractivity contribution in [3.63, 3.8) is 0 Å². The molecule has 0 radical (unpaired) electrons. The Morgan fingerprint density at radius 3 is 2.68 bits per heavy atom. The van der Waals surface area contributed by atoms with Crippen molar-refractivity contribution < 1.29 is 19.1 Å². The van der Waals surface area contributed by atoms with Crippen molar-refractivity contribution >= 4 is 18.1 Å². The number of ether oxygens (including phenoxy) is 1. The monoisotopic (exact) mass is 469 g/mol. The average Bonchev–Trinajstić information content (AvgIpc) is 3.19. The number of hydrogen-bond donors (Lipinski definition) is 2. The number of aldehydes is 1. The van der Waals surface area contributed by atoms with E-state index in [1.54, 1.807) is 11.9 Å². The van der Waals surface area contributed by atoms with Gasteiger partial charge in [0.25, 0.3) is 5.91 Å². The number of carbonyl (C=O) groups is 3. The number of benzene rings is 1. The molecule has 3 atom stereocenters. The zero-order valence-corrected chi connectivity index (χ0v) is 20.4. The van der Waals surface area contributed by atoms with E-state index in [1.807, 2.05) is 18.2 Å². The fraction of sp³-hybridized carbons (Fsp3) is 0.667. The molecule has 2 aliphatic carbocycles. The first-order valence-corrected chi connectivity index (χ1v) is 13.1. The lowest BCUT2D eigenvalue weighted by Crippen LogP contribution is -2.46. The number of fused-ring (bicyclic) bond motifs is 1. The molecule has 186 valence electrons. The molecular formula is C27H39N3O4. The van der Waals surface area contributed by atoms with Crippen LogP contribution in [-0.2, 0) is 16.1 Å². The number of likely N-dealkylation sites (N-methyl/N-ethyl adjacent to an activating group) is 1. The Hall–Kier alpha value is -2.41. The maximum absolute atomic E-state index is 13.0. The maximum atomic E-state index is 13.0. The summed E-state index contributed by atoms with van der Waals surface area (Å²) in [6.07, 6.45) is 12.8. The van der Waals surface area contributed by atoms with E-state index >= 15 is 0 Å². The molecule has 2 fully saturated rings. The second kappa shape index (κ2) is 11.8. The quantitative estimate of drug-likeness (QED) is 0.511. The van der Waals surface area contributed by atoms with Crippen molar-refractivity contribution in [2.75, 3.05) is 13.6 Å². The molecule has 7 heteroatoms. The normalized spacial score (nSPS) is 23.9. The fourth-order valence-corrected chi connectivity index (χ4v) is 5.82. The predicted octanol–water partition coefficient (Wildman–Crippen LogP) is 3.60. The Labute approximate surface area is 203 Å². The van der Waals surface area contributed by atoms with Crippen LogP contribution in [0.3, 0.4) is 0 Å². The van der Waals surface area contributed by atoms with Gasteiger partial charge >= 0.3 is 0 Å². The Kier molecular flexibility index (Phi) is 8.59. The topological polar surface area (TPSA) is 87.7 Å². The number of carbonyl (C=O) groups excluding carboxylic acids is 3. The third-order valence-corrected chi connectivity index (χ3v) is 7.78. The highest BCUT2D eigenvalue weighted by Gasteiger charge is 2.36. The highest BCUT2D eigenvalue weighted by Crippen LogP contribution is 2.32. The SMILES string of the molecule is CNC(=O)C(CCC=O)N1Cc2cc(OC3CCCCC3NCC3CCCCC3)ccc2C1=O. The summed E-state index contributed by atoms with van der Waals surface area (Å²) in [6.45, 7) is 1.44. The van der Waals surface area contributed by atoms with Crippen LogP contribution >= 0.6 is 0 Å². The first kappa shape index (κ1) is 24.7. The van der Waals surface area contributed by atoms with Crippen molar-refractivity contribution in [2.24, 2.45) is 5.92 Å². The first-order valence-electron chi connectivity index (χ1n) is 13.1. The lowest BCUT2D eigenvalue weighted by molar-refractivity contribution is -0.125. The van der Waals surface area contributed by atoms with Crippen molar-refractivity contribution in [2.45, 2.75) is 95.4 Å². The van der Waals surface area contributed by atoms with Gasteiger partial charge < -0.3 is 25.1 Å². The lowest BCUT2D eigenvalue weighted by Gasteiger charge is -2.34. The van der Waals surface area contributed by atoms with Crippen LogP contribution in [0, 0.1) is 5.92 Å². The van der Waals surface area contributed by atoms with Gasteiger partial charge in [0.2, 0.25) is 5.91 Å². The van der Waals surface area contributed by atoms with E-state index in [2.05, 4.69) is 10.6 Å². The number of nitrogens with zero attached hydrogens (tertiary/aromatic N) is 1. The summed E-state index contributed by atoms with van der Waals surface area (Å²) >= 11 is 0. The van der Waals surface area contributed by atoms with Gasteiger partial charge in [0.15, 0.2) is 0 Å². The van der Waals surface area contributed by atoms with Gasteiger partial charge in [-0.3, -0.25) is 9.59 Å². The van der Waals surface area contributed by atoms with Crippen LogP contribution in [0.4, 0.5) is 0 Å². The summed E-state index contributed by atoms with van der Waals surface area (Å²) in [5.41, 5.74) is 1.49. The zero-order chi connectivity index (χ0) is 23.9. The van der Waals surface area contributed by atoms with E-state index in [-0.39, 0.29) is 24.3 Å². The second-order valence-corrected chi connectivity index (χ2v) is 10.1. The summed E-state index contributed by atoms with van der Waals surface area (Å²) in [5, 5.41) is 6.44. The fourth-order valence-electron chi connectivity index (χ4n) is 5.82. The van der Waals surface area contributed by atoms with Crippen molar-refractivity contribution in [3.8, 4) is 5.75 Å². The molecule has 2 amide bonds. The molecule has 1 aliphatic heterocycles. The standard InChI is InChI=1S/C27H39N3O4/c1-28-26(32)24(11-7-15-31)30-18-20-16-21(13-14-22(20)27(30)33)34-25-12-6-5-10-23(25)29-17-19-8-3-2-4-9-19/h13-16,19,23-25,29H,2-12,17-18H2,1H3,(H,28,32). The molecule has 4 rings (SSSR count). The highest BCUT2D eigenvalue weighted by molar-refractivity contribution is 6.01. The zero-order valence-electron chi connectivity index (χ0n) is 20.4. The molecule has 3 aliphatic rings. The Morgan fingerprint density at radius 2 is 1.91 bits per heavy atom. The molecule has 1 aromatic carbocycles. The molecule has 3 unspecified atom stereocenters. The van der Waals surface area contributed by atoms with Gasteiger partial charge in [0, 0.05) is 31.6 Å². The summed E-state index contributed by atoms with van der Waals surface area (Å²) in [6, 6.07) is 5.38. The van der Waals surface area contributed by atoms with Crippen LogP contribution in [-0.4, -0.2) is 54.8 Å². The Balaban J connectivity index is 1.40. The van der Waals surface area contributed by atoms with Crippen LogP contribution < -0.4 is 15.4 Å². The molecule has 0 spiro atoms. The van der Waals surface area contributed by atoms with E-state index in [4.69, 9.17) is 4.74 Å². The average molecular weight is 470 g/mol. The van der Waals surface area contributed by atoms with Crippen LogP contribution in [0.25, 0.3) is 0 Å². The van der Waals surface area contributed by atoms with Crippen LogP contribution in [0.15, 0.2) is 18.2 Å². The molecule has 7 nitrogen and oxygen atoms in total. The van der Waals surface area contributed by atoms with Crippen LogP contribution in [0.2, 0.25) is 0 Å². The number of nitrogens with one attached hydrogen (secondary N) is 2. The molecule has 0 aromatic heterocycles. The second-order valence-electron chi connectivity index (χ2n) is 10.1. The molecule has 2 N–H and O–H groups in total. The summed E-state index contributed by atoms with van der Waals surface area (Å²) < 4.78 is 6.48. The van der Waals surface area contributed by atoms with Crippen LogP contribution in [0.1, 0.15) is 86.6 Å². The molecule has 1 heterocycles.